The van der Waals surface area contributed by atoms with Crippen molar-refractivity contribution in [2.24, 2.45) is 5.92 Å². The van der Waals surface area contributed by atoms with Gasteiger partial charge >= 0.3 is 0 Å². The number of rotatable bonds is 2. The summed E-state index contributed by atoms with van der Waals surface area (Å²) in [5.41, 5.74) is -0.634. The fourth-order valence-electron chi connectivity index (χ4n) is 3.83. The minimum atomic E-state index is -1.33. The van der Waals surface area contributed by atoms with E-state index in [1.165, 1.54) is 0 Å². The van der Waals surface area contributed by atoms with Crippen molar-refractivity contribution in [1.82, 2.24) is 4.90 Å². The summed E-state index contributed by atoms with van der Waals surface area (Å²) in [5, 5.41) is 0.623. The van der Waals surface area contributed by atoms with Gasteiger partial charge in [0.1, 0.15) is 5.67 Å². The number of nitrogens with zero attached hydrogens (tertiary/aromatic N) is 1. The number of piperidine rings is 1. The standard InChI is InChI=1S/C17H21ClFNO/c1-11(2)16(21)20-14-7-8-15(20)10-17(19,9-14)12-3-5-13(18)6-4-12/h3-6,11,14-15H,7-10H2,1-2H3. The Balaban J connectivity index is 1.85. The van der Waals surface area contributed by atoms with Crippen LogP contribution in [-0.4, -0.2) is 22.9 Å². The van der Waals surface area contributed by atoms with Crippen molar-refractivity contribution >= 4 is 17.5 Å². The molecule has 0 saturated carbocycles. The molecule has 21 heavy (non-hydrogen) atoms. The van der Waals surface area contributed by atoms with Crippen LogP contribution in [-0.2, 0) is 10.5 Å². The molecule has 2 nitrogen and oxygen atoms in total. The van der Waals surface area contributed by atoms with Gasteiger partial charge < -0.3 is 4.90 Å². The van der Waals surface area contributed by atoms with Gasteiger partial charge in [0.05, 0.1) is 0 Å². The molecule has 0 radical (unpaired) electrons. The molecular weight excluding hydrogens is 289 g/mol. The Labute approximate surface area is 130 Å². The maximum absolute atomic E-state index is 15.4. The average molecular weight is 310 g/mol. The van der Waals surface area contributed by atoms with Gasteiger partial charge in [0.2, 0.25) is 5.91 Å². The third-order valence-electron chi connectivity index (χ3n) is 4.85. The van der Waals surface area contributed by atoms with E-state index in [1.807, 2.05) is 18.7 Å². The molecule has 1 amide bonds. The zero-order chi connectivity index (χ0) is 15.2. The summed E-state index contributed by atoms with van der Waals surface area (Å²) in [7, 11) is 0. The number of halogens is 2. The molecule has 0 aromatic heterocycles. The Morgan fingerprint density at radius 1 is 1.24 bits per heavy atom. The number of amides is 1. The summed E-state index contributed by atoms with van der Waals surface area (Å²) in [6.07, 6.45) is 2.65. The first-order valence-electron chi connectivity index (χ1n) is 7.68. The van der Waals surface area contributed by atoms with Crippen LogP contribution in [0.1, 0.15) is 45.1 Å². The van der Waals surface area contributed by atoms with E-state index in [9.17, 15) is 4.79 Å². The molecule has 0 spiro atoms. The van der Waals surface area contributed by atoms with Crippen LogP contribution in [0, 0.1) is 5.92 Å². The summed E-state index contributed by atoms with van der Waals surface area (Å²) < 4.78 is 15.4. The quantitative estimate of drug-likeness (QED) is 0.797. The lowest BCUT2D eigenvalue weighted by Crippen LogP contribution is -2.51. The Morgan fingerprint density at radius 2 is 1.76 bits per heavy atom. The van der Waals surface area contributed by atoms with E-state index in [0.29, 0.717) is 23.4 Å². The van der Waals surface area contributed by atoms with Crippen LogP contribution in [0.15, 0.2) is 24.3 Å². The second-order valence-electron chi connectivity index (χ2n) is 6.67. The molecular formula is C17H21ClFNO. The number of fused-ring (bicyclic) bond motifs is 2. The van der Waals surface area contributed by atoms with E-state index in [-0.39, 0.29) is 23.9 Å². The van der Waals surface area contributed by atoms with E-state index in [2.05, 4.69) is 0 Å². The highest BCUT2D eigenvalue weighted by Crippen LogP contribution is 2.48. The third-order valence-corrected chi connectivity index (χ3v) is 5.10. The molecule has 1 aromatic carbocycles. The van der Waals surface area contributed by atoms with Crippen LogP contribution in [0.3, 0.4) is 0 Å². The fraction of sp³-hybridized carbons (Fsp3) is 0.588. The smallest absolute Gasteiger partial charge is 0.225 e. The zero-order valence-corrected chi connectivity index (χ0v) is 13.2. The zero-order valence-electron chi connectivity index (χ0n) is 12.5. The van der Waals surface area contributed by atoms with Crippen molar-refractivity contribution in [3.05, 3.63) is 34.9 Å². The van der Waals surface area contributed by atoms with Gasteiger partial charge in [-0.1, -0.05) is 37.6 Å². The highest BCUT2D eigenvalue weighted by molar-refractivity contribution is 6.30. The highest BCUT2D eigenvalue weighted by atomic mass is 35.5. The van der Waals surface area contributed by atoms with E-state index in [0.717, 1.165) is 12.8 Å². The molecule has 0 N–H and O–H groups in total. The first-order chi connectivity index (χ1) is 9.90. The molecule has 2 atom stereocenters. The van der Waals surface area contributed by atoms with Crippen molar-refractivity contribution in [3.8, 4) is 0 Å². The third kappa shape index (κ3) is 2.57. The van der Waals surface area contributed by atoms with Gasteiger partial charge in [-0.2, -0.15) is 0 Å². The lowest BCUT2D eigenvalue weighted by atomic mass is 9.81. The van der Waals surface area contributed by atoms with Gasteiger partial charge in [-0.3, -0.25) is 4.79 Å². The predicted octanol–water partition coefficient (Wildman–Crippen LogP) is 4.31. The van der Waals surface area contributed by atoms with Crippen molar-refractivity contribution in [2.45, 2.75) is 57.3 Å². The predicted molar refractivity (Wildman–Crippen MR) is 82.0 cm³/mol. The molecule has 2 saturated heterocycles. The Hall–Kier alpha value is -1.09. The molecule has 0 aliphatic carbocycles. The van der Waals surface area contributed by atoms with Crippen LogP contribution in [0.25, 0.3) is 0 Å². The summed E-state index contributed by atoms with van der Waals surface area (Å²) in [5.74, 6) is 0.149. The summed E-state index contributed by atoms with van der Waals surface area (Å²) in [6.45, 7) is 3.83. The number of hydrogen-bond donors (Lipinski definition) is 0. The first kappa shape index (κ1) is 14.8. The van der Waals surface area contributed by atoms with Gasteiger partial charge in [-0.05, 0) is 30.5 Å². The second-order valence-corrected chi connectivity index (χ2v) is 7.10. The summed E-state index contributed by atoms with van der Waals surface area (Å²) in [4.78, 5) is 14.3. The molecule has 2 aliphatic rings. The number of carbonyl (C=O) groups excluding carboxylic acids is 1. The Morgan fingerprint density at radius 3 is 2.24 bits per heavy atom. The molecule has 1 aromatic rings. The van der Waals surface area contributed by atoms with E-state index >= 15 is 4.39 Å². The lowest BCUT2D eigenvalue weighted by molar-refractivity contribution is -0.142. The number of alkyl halides is 1. The minimum absolute atomic E-state index is 0.0178. The van der Waals surface area contributed by atoms with Gasteiger partial charge in [-0.25, -0.2) is 4.39 Å². The average Bonchev–Trinajstić information content (AvgIpc) is 2.71. The maximum Gasteiger partial charge on any atom is 0.225 e. The minimum Gasteiger partial charge on any atom is -0.336 e. The van der Waals surface area contributed by atoms with Crippen molar-refractivity contribution in [1.29, 1.82) is 0 Å². The first-order valence-corrected chi connectivity index (χ1v) is 8.05. The number of hydrogen-bond acceptors (Lipinski definition) is 1. The normalized spacial score (nSPS) is 31.8. The van der Waals surface area contributed by atoms with Crippen LogP contribution < -0.4 is 0 Å². The van der Waals surface area contributed by atoms with Crippen LogP contribution in [0.4, 0.5) is 4.39 Å². The fourth-order valence-corrected chi connectivity index (χ4v) is 3.96. The second kappa shape index (κ2) is 5.28. The topological polar surface area (TPSA) is 20.3 Å². The molecule has 2 aliphatic heterocycles. The maximum atomic E-state index is 15.4. The van der Waals surface area contributed by atoms with E-state index in [1.54, 1.807) is 24.3 Å². The monoisotopic (exact) mass is 309 g/mol. The summed E-state index contributed by atoms with van der Waals surface area (Å²) in [6, 6.07) is 7.12. The molecule has 2 unspecified atom stereocenters. The van der Waals surface area contributed by atoms with Crippen molar-refractivity contribution < 1.29 is 9.18 Å². The Bertz CT molecular complexity index is 528. The SMILES string of the molecule is CC(C)C(=O)N1C2CCC1CC(F)(c1ccc(Cl)cc1)C2. The van der Waals surface area contributed by atoms with Gasteiger partial charge in [-0.15, -0.1) is 0 Å². The molecule has 114 valence electrons. The largest absolute Gasteiger partial charge is 0.336 e. The molecule has 4 heteroatoms. The van der Waals surface area contributed by atoms with Crippen LogP contribution >= 0.6 is 11.6 Å². The van der Waals surface area contributed by atoms with E-state index in [4.69, 9.17) is 11.6 Å². The highest BCUT2D eigenvalue weighted by Gasteiger charge is 2.51. The van der Waals surface area contributed by atoms with Gasteiger partial charge in [0.25, 0.3) is 0 Å². The number of carbonyl (C=O) groups is 1. The van der Waals surface area contributed by atoms with Crippen LogP contribution in [0.2, 0.25) is 5.02 Å². The number of benzene rings is 1. The van der Waals surface area contributed by atoms with Crippen molar-refractivity contribution in [2.75, 3.05) is 0 Å². The lowest BCUT2D eigenvalue weighted by Gasteiger charge is -2.43. The van der Waals surface area contributed by atoms with Gasteiger partial charge in [0.15, 0.2) is 0 Å². The van der Waals surface area contributed by atoms with Gasteiger partial charge in [0, 0.05) is 35.9 Å². The van der Waals surface area contributed by atoms with E-state index < -0.39 is 5.67 Å². The summed E-state index contributed by atoms with van der Waals surface area (Å²) >= 11 is 5.89. The molecule has 2 bridgehead atoms. The van der Waals surface area contributed by atoms with Crippen LogP contribution in [0.5, 0.6) is 0 Å². The molecule has 2 fully saturated rings. The Kier molecular flexibility index (Phi) is 3.73. The molecule has 2 heterocycles. The van der Waals surface area contributed by atoms with Crippen molar-refractivity contribution in [3.63, 3.8) is 0 Å². The molecule has 3 rings (SSSR count).